The van der Waals surface area contributed by atoms with E-state index in [1.807, 2.05) is 6.07 Å². The molecule has 0 amide bonds. The largest absolute Gasteiger partial charge is 0.416 e. The van der Waals surface area contributed by atoms with Crippen molar-refractivity contribution in [3.8, 4) is 6.07 Å². The van der Waals surface area contributed by atoms with E-state index in [1.165, 1.54) is 24.0 Å². The van der Waals surface area contributed by atoms with Crippen molar-refractivity contribution in [2.75, 3.05) is 5.75 Å². The topological polar surface area (TPSA) is 80.5 Å². The van der Waals surface area contributed by atoms with Crippen molar-refractivity contribution in [3.63, 3.8) is 0 Å². The SMILES string of the molecule is N#Cc1cnn(CCSc2nnc(Cc3ccccc3F)o2)c1. The van der Waals surface area contributed by atoms with Crippen LogP contribution in [0.15, 0.2) is 46.3 Å². The minimum Gasteiger partial charge on any atom is -0.416 e. The lowest BCUT2D eigenvalue weighted by molar-refractivity contribution is 0.418. The Hall–Kier alpha value is -2.66. The lowest BCUT2D eigenvalue weighted by atomic mass is 10.1. The molecular weight excluding hydrogens is 317 g/mol. The van der Waals surface area contributed by atoms with Gasteiger partial charge in [0.05, 0.1) is 24.7 Å². The van der Waals surface area contributed by atoms with Crippen LogP contribution in [0, 0.1) is 17.1 Å². The number of hydrogen-bond acceptors (Lipinski definition) is 6. The molecule has 0 atom stereocenters. The summed E-state index contributed by atoms with van der Waals surface area (Å²) in [6, 6.07) is 8.53. The molecule has 0 bridgehead atoms. The van der Waals surface area contributed by atoms with Gasteiger partial charge in [-0.2, -0.15) is 10.4 Å². The van der Waals surface area contributed by atoms with Gasteiger partial charge in [0.1, 0.15) is 11.9 Å². The van der Waals surface area contributed by atoms with E-state index in [2.05, 4.69) is 15.3 Å². The first-order chi connectivity index (χ1) is 11.2. The van der Waals surface area contributed by atoms with E-state index in [0.29, 0.717) is 34.5 Å². The maximum Gasteiger partial charge on any atom is 0.276 e. The van der Waals surface area contributed by atoms with E-state index in [9.17, 15) is 4.39 Å². The molecule has 116 valence electrons. The number of nitrogens with zero attached hydrogens (tertiary/aromatic N) is 5. The van der Waals surface area contributed by atoms with Crippen molar-refractivity contribution in [3.05, 3.63) is 59.5 Å². The zero-order valence-corrected chi connectivity index (χ0v) is 12.8. The zero-order valence-electron chi connectivity index (χ0n) is 12.0. The monoisotopic (exact) mass is 329 g/mol. The van der Waals surface area contributed by atoms with Crippen molar-refractivity contribution in [2.24, 2.45) is 0 Å². The molecule has 3 rings (SSSR count). The van der Waals surface area contributed by atoms with E-state index in [0.717, 1.165) is 0 Å². The first-order valence-electron chi connectivity index (χ1n) is 6.86. The summed E-state index contributed by atoms with van der Waals surface area (Å²) in [5, 5.41) is 21.1. The van der Waals surface area contributed by atoms with E-state index in [1.54, 1.807) is 29.1 Å². The van der Waals surface area contributed by atoms with Crippen LogP contribution in [0.1, 0.15) is 17.0 Å². The molecular formula is C15H12FN5OS. The van der Waals surface area contributed by atoms with Crippen LogP contribution < -0.4 is 0 Å². The molecule has 0 saturated carbocycles. The molecule has 2 heterocycles. The molecule has 0 saturated heterocycles. The smallest absolute Gasteiger partial charge is 0.276 e. The van der Waals surface area contributed by atoms with Gasteiger partial charge in [-0.15, -0.1) is 10.2 Å². The molecule has 0 aliphatic heterocycles. The average Bonchev–Trinajstić information content (AvgIpc) is 3.19. The molecule has 0 fully saturated rings. The predicted octanol–water partition coefficient (Wildman–Crippen LogP) is 2.66. The second-order valence-electron chi connectivity index (χ2n) is 4.68. The predicted molar refractivity (Wildman–Crippen MR) is 81.2 cm³/mol. The van der Waals surface area contributed by atoms with E-state index in [4.69, 9.17) is 9.68 Å². The van der Waals surface area contributed by atoms with Gasteiger partial charge in [0, 0.05) is 11.9 Å². The molecule has 23 heavy (non-hydrogen) atoms. The molecule has 0 spiro atoms. The third kappa shape index (κ3) is 3.96. The Kier molecular flexibility index (Phi) is 4.68. The average molecular weight is 329 g/mol. The first kappa shape index (κ1) is 15.2. The lowest BCUT2D eigenvalue weighted by Gasteiger charge is -1.99. The van der Waals surface area contributed by atoms with Gasteiger partial charge in [-0.25, -0.2) is 4.39 Å². The van der Waals surface area contributed by atoms with Crippen LogP contribution in [0.4, 0.5) is 4.39 Å². The minimum absolute atomic E-state index is 0.269. The fraction of sp³-hybridized carbons (Fsp3) is 0.200. The molecule has 0 aliphatic rings. The molecule has 0 unspecified atom stereocenters. The van der Waals surface area contributed by atoms with Crippen LogP contribution in [0.2, 0.25) is 0 Å². The number of hydrogen-bond donors (Lipinski definition) is 0. The van der Waals surface area contributed by atoms with Crippen LogP contribution in [-0.2, 0) is 13.0 Å². The van der Waals surface area contributed by atoms with Gasteiger partial charge in [0.15, 0.2) is 0 Å². The van der Waals surface area contributed by atoms with Crippen molar-refractivity contribution in [1.29, 1.82) is 5.26 Å². The van der Waals surface area contributed by atoms with Gasteiger partial charge in [-0.1, -0.05) is 30.0 Å². The maximum absolute atomic E-state index is 13.6. The third-order valence-electron chi connectivity index (χ3n) is 3.06. The van der Waals surface area contributed by atoms with E-state index < -0.39 is 0 Å². The first-order valence-corrected chi connectivity index (χ1v) is 7.84. The summed E-state index contributed by atoms with van der Waals surface area (Å²) >= 11 is 1.39. The van der Waals surface area contributed by atoms with Gasteiger partial charge < -0.3 is 4.42 Å². The van der Waals surface area contributed by atoms with Gasteiger partial charge in [0.25, 0.3) is 5.22 Å². The number of thioether (sulfide) groups is 1. The summed E-state index contributed by atoms with van der Waals surface area (Å²) in [6.45, 7) is 0.622. The van der Waals surface area contributed by atoms with Crippen molar-refractivity contribution >= 4 is 11.8 Å². The Morgan fingerprint density at radius 3 is 2.96 bits per heavy atom. The summed E-state index contributed by atoms with van der Waals surface area (Å²) in [7, 11) is 0. The molecule has 0 aliphatic carbocycles. The summed E-state index contributed by atoms with van der Waals surface area (Å²) in [5.41, 5.74) is 1.05. The highest BCUT2D eigenvalue weighted by atomic mass is 32.2. The van der Waals surface area contributed by atoms with Crippen LogP contribution >= 0.6 is 11.8 Å². The molecule has 3 aromatic rings. The van der Waals surface area contributed by atoms with Crippen LogP contribution in [0.5, 0.6) is 0 Å². The number of halogens is 1. The number of benzene rings is 1. The number of rotatable bonds is 6. The van der Waals surface area contributed by atoms with Crippen LogP contribution in [0.3, 0.4) is 0 Å². The Morgan fingerprint density at radius 1 is 1.30 bits per heavy atom. The molecule has 8 heteroatoms. The molecule has 0 radical (unpaired) electrons. The number of nitriles is 1. The summed E-state index contributed by atoms with van der Waals surface area (Å²) in [5.74, 6) is 0.767. The van der Waals surface area contributed by atoms with Crippen molar-refractivity contribution in [1.82, 2.24) is 20.0 Å². The summed E-state index contributed by atoms with van der Waals surface area (Å²) in [6.07, 6.45) is 3.47. The zero-order chi connectivity index (χ0) is 16.1. The minimum atomic E-state index is -0.285. The second-order valence-corrected chi connectivity index (χ2v) is 5.73. The van der Waals surface area contributed by atoms with Gasteiger partial charge in [0.2, 0.25) is 5.89 Å². The van der Waals surface area contributed by atoms with Crippen LogP contribution in [0.25, 0.3) is 0 Å². The molecule has 1 aromatic carbocycles. The Bertz CT molecular complexity index is 838. The Balaban J connectivity index is 1.53. The molecule has 6 nitrogen and oxygen atoms in total. The number of aryl methyl sites for hydroxylation is 1. The van der Waals surface area contributed by atoms with Gasteiger partial charge >= 0.3 is 0 Å². The lowest BCUT2D eigenvalue weighted by Crippen LogP contribution is -2.00. The van der Waals surface area contributed by atoms with Crippen molar-refractivity contribution in [2.45, 2.75) is 18.2 Å². The second kappa shape index (κ2) is 7.07. The fourth-order valence-electron chi connectivity index (χ4n) is 1.94. The molecule has 2 aromatic heterocycles. The normalized spacial score (nSPS) is 10.6. The number of aromatic nitrogens is 4. The molecule has 0 N–H and O–H groups in total. The highest BCUT2D eigenvalue weighted by Crippen LogP contribution is 2.19. The fourth-order valence-corrected chi connectivity index (χ4v) is 2.65. The quantitative estimate of drug-likeness (QED) is 0.647. The van der Waals surface area contributed by atoms with Gasteiger partial charge in [-0.05, 0) is 11.6 Å². The third-order valence-corrected chi connectivity index (χ3v) is 3.85. The van der Waals surface area contributed by atoms with E-state index >= 15 is 0 Å². The standard InChI is InChI=1S/C15H12FN5OS/c16-13-4-2-1-3-12(13)7-14-19-20-15(22-14)23-6-5-21-10-11(8-17)9-18-21/h1-4,9-10H,5-7H2. The highest BCUT2D eigenvalue weighted by molar-refractivity contribution is 7.99. The summed E-state index contributed by atoms with van der Waals surface area (Å²) in [4.78, 5) is 0. The maximum atomic E-state index is 13.6. The highest BCUT2D eigenvalue weighted by Gasteiger charge is 2.10. The summed E-state index contributed by atoms with van der Waals surface area (Å²) < 4.78 is 20.8. The van der Waals surface area contributed by atoms with Crippen LogP contribution in [-0.4, -0.2) is 25.7 Å². The Morgan fingerprint density at radius 2 is 2.17 bits per heavy atom. The van der Waals surface area contributed by atoms with E-state index in [-0.39, 0.29) is 12.2 Å². The van der Waals surface area contributed by atoms with Gasteiger partial charge in [-0.3, -0.25) is 4.68 Å². The Labute approximate surface area is 135 Å². The van der Waals surface area contributed by atoms with Crippen molar-refractivity contribution < 1.29 is 8.81 Å².